The van der Waals surface area contributed by atoms with Gasteiger partial charge in [-0.15, -0.1) is 0 Å². The monoisotopic (exact) mass is 469 g/mol. The molecule has 2 fully saturated rings. The number of anilines is 1. The molecule has 2 heterocycles. The number of nitrogens with zero attached hydrogens (tertiary/aromatic N) is 3. The minimum atomic E-state index is -1.18. The quantitative estimate of drug-likeness (QED) is 0.594. The van der Waals surface area contributed by atoms with Crippen LogP contribution in [0.15, 0.2) is 24.4 Å². The van der Waals surface area contributed by atoms with E-state index in [2.05, 4.69) is 15.6 Å². The van der Waals surface area contributed by atoms with E-state index in [0.29, 0.717) is 24.6 Å². The third kappa shape index (κ3) is 4.78. The highest BCUT2D eigenvalue weighted by atomic mass is 19.1. The maximum absolute atomic E-state index is 14.1. The molecule has 1 aliphatic heterocycles. The lowest BCUT2D eigenvalue weighted by atomic mass is 9.97. The zero-order chi connectivity index (χ0) is 24.6. The Morgan fingerprint density at radius 3 is 2.56 bits per heavy atom. The van der Waals surface area contributed by atoms with Crippen molar-refractivity contribution in [1.29, 1.82) is 5.26 Å². The number of aromatic nitrogens is 1. The van der Waals surface area contributed by atoms with E-state index in [9.17, 15) is 28.7 Å². The lowest BCUT2D eigenvalue weighted by Crippen LogP contribution is -2.47. The summed E-state index contributed by atoms with van der Waals surface area (Å²) in [5.41, 5.74) is -0.250. The molecule has 0 radical (unpaired) electrons. The Balaban J connectivity index is 1.86. The van der Waals surface area contributed by atoms with Gasteiger partial charge in [0.25, 0.3) is 5.91 Å². The lowest BCUT2D eigenvalue weighted by Gasteiger charge is -2.29. The fourth-order valence-corrected chi connectivity index (χ4v) is 4.56. The second-order valence-electron chi connectivity index (χ2n) is 9.28. The number of carboxylic acid groups (broad SMARTS) is 1. The molecule has 2 amide bonds. The summed E-state index contributed by atoms with van der Waals surface area (Å²) in [7, 11) is 0. The molecule has 2 aliphatic rings. The number of pyridine rings is 1. The van der Waals surface area contributed by atoms with Crippen LogP contribution in [0.5, 0.6) is 0 Å². The molecule has 1 saturated carbocycles. The number of hydrogen-bond acceptors (Lipinski definition) is 5. The first kappa shape index (κ1) is 23.4. The summed E-state index contributed by atoms with van der Waals surface area (Å²) in [6.07, 6.45) is 2.60. The van der Waals surface area contributed by atoms with Crippen molar-refractivity contribution in [2.45, 2.75) is 44.7 Å². The van der Waals surface area contributed by atoms with Gasteiger partial charge in [-0.3, -0.25) is 4.79 Å². The lowest BCUT2D eigenvalue weighted by molar-refractivity contribution is 0.0936. The molecule has 4 rings (SSSR count). The van der Waals surface area contributed by atoms with Crippen molar-refractivity contribution < 1.29 is 23.5 Å². The Hall–Kier alpha value is -3.74. The highest BCUT2D eigenvalue weighted by Gasteiger charge is 2.39. The van der Waals surface area contributed by atoms with E-state index in [1.807, 2.05) is 13.0 Å². The molecule has 0 spiro atoms. The van der Waals surface area contributed by atoms with E-state index >= 15 is 0 Å². The fraction of sp³-hybridized carbons (Fsp3) is 0.417. The molecule has 34 heavy (non-hydrogen) atoms. The first-order valence-electron chi connectivity index (χ1n) is 11.1. The van der Waals surface area contributed by atoms with E-state index in [0.717, 1.165) is 31.0 Å². The summed E-state index contributed by atoms with van der Waals surface area (Å²) in [4.78, 5) is 30.5. The Morgan fingerprint density at radius 1 is 1.29 bits per heavy atom. The van der Waals surface area contributed by atoms with Crippen molar-refractivity contribution in [2.75, 3.05) is 18.0 Å². The van der Waals surface area contributed by atoms with Gasteiger partial charge in [0.1, 0.15) is 23.4 Å². The topological polar surface area (TPSA) is 118 Å². The van der Waals surface area contributed by atoms with Crippen LogP contribution in [0.25, 0.3) is 11.1 Å². The summed E-state index contributed by atoms with van der Waals surface area (Å²) in [6.45, 7) is 4.20. The van der Waals surface area contributed by atoms with Gasteiger partial charge in [-0.1, -0.05) is 0 Å². The average Bonchev–Trinajstić information content (AvgIpc) is 3.54. The summed E-state index contributed by atoms with van der Waals surface area (Å²) < 4.78 is 28.3. The second kappa shape index (κ2) is 8.89. The Morgan fingerprint density at radius 2 is 1.97 bits per heavy atom. The number of amides is 2. The van der Waals surface area contributed by atoms with E-state index in [-0.39, 0.29) is 35.0 Å². The summed E-state index contributed by atoms with van der Waals surface area (Å²) in [5.74, 6) is -1.68. The standard InChI is InChI=1S/C24H25F2N5O3/c1-13(14-3-4-14)29-22(32)18-11-28-19(10-27)20(15-7-16(25)9-17(26)8-15)21(18)31-6-5-24(2,12-31)30-23(33)34/h7-9,11,13-14,30H,3-6,12H2,1-2H3,(H,29,32)(H,33,34)/t13?,24-/m0/s1. The number of nitrogens with one attached hydrogen (secondary N) is 2. The number of hydrogen-bond donors (Lipinski definition) is 3. The largest absolute Gasteiger partial charge is 0.465 e. The van der Waals surface area contributed by atoms with E-state index in [1.54, 1.807) is 11.8 Å². The Bertz CT molecular complexity index is 1170. The zero-order valence-corrected chi connectivity index (χ0v) is 18.9. The number of carbonyl (C=O) groups is 2. The maximum atomic E-state index is 14.1. The number of carbonyl (C=O) groups excluding carboxylic acids is 1. The normalized spacial score (nSPS) is 20.5. The van der Waals surface area contributed by atoms with Crippen molar-refractivity contribution in [3.05, 3.63) is 47.3 Å². The number of rotatable bonds is 6. The van der Waals surface area contributed by atoms with Crippen LogP contribution in [0.1, 0.15) is 49.2 Å². The molecule has 1 saturated heterocycles. The average molecular weight is 469 g/mol. The third-order valence-corrected chi connectivity index (χ3v) is 6.44. The molecule has 178 valence electrons. The minimum absolute atomic E-state index is 0.0661. The van der Waals surface area contributed by atoms with Crippen LogP contribution >= 0.6 is 0 Å². The molecule has 1 aromatic carbocycles. The third-order valence-electron chi connectivity index (χ3n) is 6.44. The second-order valence-corrected chi connectivity index (χ2v) is 9.28. The smallest absolute Gasteiger partial charge is 0.405 e. The number of nitriles is 1. The van der Waals surface area contributed by atoms with Crippen LogP contribution in [0.2, 0.25) is 0 Å². The van der Waals surface area contributed by atoms with Gasteiger partial charge in [0, 0.05) is 37.0 Å². The van der Waals surface area contributed by atoms with E-state index < -0.39 is 29.2 Å². The van der Waals surface area contributed by atoms with Gasteiger partial charge < -0.3 is 20.6 Å². The van der Waals surface area contributed by atoms with Gasteiger partial charge in [-0.2, -0.15) is 5.26 Å². The molecule has 2 aromatic rings. The SMILES string of the molecule is CC(NC(=O)c1cnc(C#N)c(-c2cc(F)cc(F)c2)c1N1CC[C@](C)(NC(=O)O)C1)C1CC1. The summed E-state index contributed by atoms with van der Waals surface area (Å²) in [6, 6.07) is 4.79. The van der Waals surface area contributed by atoms with Crippen molar-refractivity contribution in [2.24, 2.45) is 5.92 Å². The Kier molecular flexibility index (Phi) is 6.13. The van der Waals surface area contributed by atoms with Crippen LogP contribution in [-0.4, -0.2) is 46.8 Å². The van der Waals surface area contributed by atoms with Crippen LogP contribution < -0.4 is 15.5 Å². The van der Waals surface area contributed by atoms with Crippen LogP contribution in [0.4, 0.5) is 19.3 Å². The molecule has 3 N–H and O–H groups in total. The molecule has 2 atom stereocenters. The van der Waals surface area contributed by atoms with Crippen molar-refractivity contribution in [3.63, 3.8) is 0 Å². The molecule has 1 unspecified atom stereocenters. The van der Waals surface area contributed by atoms with Gasteiger partial charge in [0.2, 0.25) is 0 Å². The van der Waals surface area contributed by atoms with Crippen LogP contribution in [-0.2, 0) is 0 Å². The molecule has 10 heteroatoms. The molecule has 1 aliphatic carbocycles. The van der Waals surface area contributed by atoms with E-state index in [1.165, 1.54) is 6.20 Å². The number of benzene rings is 1. The van der Waals surface area contributed by atoms with Gasteiger partial charge >= 0.3 is 6.09 Å². The minimum Gasteiger partial charge on any atom is -0.465 e. The maximum Gasteiger partial charge on any atom is 0.405 e. The summed E-state index contributed by atoms with van der Waals surface area (Å²) in [5, 5.41) is 24.5. The van der Waals surface area contributed by atoms with Crippen LogP contribution in [0, 0.1) is 28.9 Å². The van der Waals surface area contributed by atoms with Gasteiger partial charge in [-0.25, -0.2) is 18.6 Å². The van der Waals surface area contributed by atoms with E-state index in [4.69, 9.17) is 0 Å². The first-order chi connectivity index (χ1) is 16.1. The predicted molar refractivity (Wildman–Crippen MR) is 120 cm³/mol. The van der Waals surface area contributed by atoms with Gasteiger partial charge in [0.05, 0.1) is 16.8 Å². The first-order valence-corrected chi connectivity index (χ1v) is 11.1. The number of halogens is 2. The zero-order valence-electron chi connectivity index (χ0n) is 18.9. The fourth-order valence-electron chi connectivity index (χ4n) is 4.56. The molecular formula is C24H25F2N5O3. The van der Waals surface area contributed by atoms with Crippen molar-refractivity contribution in [3.8, 4) is 17.2 Å². The molecule has 1 aromatic heterocycles. The summed E-state index contributed by atoms with van der Waals surface area (Å²) >= 11 is 0. The van der Waals surface area contributed by atoms with Gasteiger partial charge in [-0.05, 0) is 56.7 Å². The van der Waals surface area contributed by atoms with Crippen LogP contribution in [0.3, 0.4) is 0 Å². The highest BCUT2D eigenvalue weighted by molar-refractivity contribution is 6.04. The molecular weight excluding hydrogens is 444 g/mol. The van der Waals surface area contributed by atoms with Gasteiger partial charge in [0.15, 0.2) is 0 Å². The predicted octanol–water partition coefficient (Wildman–Crippen LogP) is 3.66. The highest BCUT2D eigenvalue weighted by Crippen LogP contribution is 2.40. The molecule has 0 bridgehead atoms. The van der Waals surface area contributed by atoms with Crippen molar-refractivity contribution >= 4 is 17.7 Å². The molecule has 8 nitrogen and oxygen atoms in total. The van der Waals surface area contributed by atoms with Crippen molar-refractivity contribution in [1.82, 2.24) is 15.6 Å². The Labute approximate surface area is 195 Å².